The van der Waals surface area contributed by atoms with Gasteiger partial charge < -0.3 is 20.1 Å². The van der Waals surface area contributed by atoms with Gasteiger partial charge in [0.25, 0.3) is 0 Å². The van der Waals surface area contributed by atoms with E-state index >= 15 is 0 Å². The number of aromatic nitrogens is 1. The van der Waals surface area contributed by atoms with Gasteiger partial charge in [0.1, 0.15) is 0 Å². The molecule has 38 heavy (non-hydrogen) atoms. The average molecular weight is 515 g/mol. The van der Waals surface area contributed by atoms with Crippen LogP contribution in [0, 0.1) is 5.82 Å². The van der Waals surface area contributed by atoms with Gasteiger partial charge in [-0.1, -0.05) is 60.7 Å². The Morgan fingerprint density at radius 1 is 1.03 bits per heavy atom. The highest BCUT2D eigenvalue weighted by molar-refractivity contribution is 5.98. The highest BCUT2D eigenvalue weighted by Gasteiger charge is 2.34. The van der Waals surface area contributed by atoms with E-state index in [1.165, 1.54) is 18.7 Å². The van der Waals surface area contributed by atoms with Gasteiger partial charge in [-0.2, -0.15) is 0 Å². The standard InChI is InChI=1S/C30H31FN4O3/c1-37-14-13-35-18-23(20-9-5-3-6-10-20)27(19-35)34-30(36)33-26-15-22-16-28(38-2)24(31)17-25(22)32-29(26)21-11-7-4-8-12-21/h3-12,15-17,23,27H,13-14,18-19H2,1-2H3,(H2,33,34,36)/t23-,27+/m0/s1. The van der Waals surface area contributed by atoms with E-state index in [0.29, 0.717) is 35.4 Å². The van der Waals surface area contributed by atoms with Crippen LogP contribution in [0.15, 0.2) is 78.9 Å². The van der Waals surface area contributed by atoms with Gasteiger partial charge >= 0.3 is 6.03 Å². The maximum atomic E-state index is 14.4. The molecule has 2 atom stereocenters. The molecule has 1 aliphatic heterocycles. The minimum atomic E-state index is -0.490. The lowest BCUT2D eigenvalue weighted by molar-refractivity contribution is 0.159. The maximum absolute atomic E-state index is 14.4. The summed E-state index contributed by atoms with van der Waals surface area (Å²) in [5.74, 6) is -0.222. The molecule has 196 valence electrons. The van der Waals surface area contributed by atoms with Crippen molar-refractivity contribution in [3.63, 3.8) is 0 Å². The zero-order valence-corrected chi connectivity index (χ0v) is 21.5. The third-order valence-electron chi connectivity index (χ3n) is 6.94. The Balaban J connectivity index is 1.43. The Morgan fingerprint density at radius 3 is 2.47 bits per heavy atom. The molecule has 1 aromatic heterocycles. The molecule has 2 heterocycles. The first-order valence-electron chi connectivity index (χ1n) is 12.6. The van der Waals surface area contributed by atoms with Crippen molar-refractivity contribution in [1.29, 1.82) is 0 Å². The molecule has 1 fully saturated rings. The van der Waals surface area contributed by atoms with Crippen molar-refractivity contribution in [2.24, 2.45) is 0 Å². The molecule has 1 saturated heterocycles. The van der Waals surface area contributed by atoms with Crippen LogP contribution >= 0.6 is 0 Å². The summed E-state index contributed by atoms with van der Waals surface area (Å²) in [6.07, 6.45) is 0. The molecule has 3 aromatic carbocycles. The minimum Gasteiger partial charge on any atom is -0.494 e. The number of amides is 2. The summed E-state index contributed by atoms with van der Waals surface area (Å²) in [7, 11) is 3.11. The number of pyridine rings is 1. The lowest BCUT2D eigenvalue weighted by Crippen LogP contribution is -2.42. The lowest BCUT2D eigenvalue weighted by Gasteiger charge is -2.21. The van der Waals surface area contributed by atoms with Gasteiger partial charge in [0.05, 0.1) is 36.7 Å². The Morgan fingerprint density at radius 2 is 1.76 bits per heavy atom. The maximum Gasteiger partial charge on any atom is 0.319 e. The fourth-order valence-electron chi connectivity index (χ4n) is 5.04. The van der Waals surface area contributed by atoms with Crippen LogP contribution in [0.3, 0.4) is 0 Å². The number of fused-ring (bicyclic) bond motifs is 1. The topological polar surface area (TPSA) is 75.7 Å². The van der Waals surface area contributed by atoms with Crippen molar-refractivity contribution < 1.29 is 18.7 Å². The number of likely N-dealkylation sites (tertiary alicyclic amines) is 1. The zero-order chi connectivity index (χ0) is 26.5. The molecule has 1 aliphatic rings. The summed E-state index contributed by atoms with van der Waals surface area (Å²) in [6.45, 7) is 2.98. The van der Waals surface area contributed by atoms with Gasteiger partial charge in [-0.25, -0.2) is 14.2 Å². The van der Waals surface area contributed by atoms with Crippen LogP contribution in [-0.4, -0.2) is 62.4 Å². The molecule has 2 amide bonds. The number of urea groups is 1. The summed E-state index contributed by atoms with van der Waals surface area (Å²) in [5, 5.41) is 6.87. The Hall–Kier alpha value is -4.01. The molecule has 4 aromatic rings. The van der Waals surface area contributed by atoms with E-state index in [2.05, 4.69) is 27.7 Å². The SMILES string of the molecule is COCCN1C[C@@H](NC(=O)Nc2cc3cc(OC)c(F)cc3nc2-c2ccccc2)[C@H](c2ccccc2)C1. The first kappa shape index (κ1) is 25.6. The number of hydrogen-bond acceptors (Lipinski definition) is 5. The predicted octanol–water partition coefficient (Wildman–Crippen LogP) is 5.29. The fourth-order valence-corrected chi connectivity index (χ4v) is 5.04. The van der Waals surface area contributed by atoms with E-state index in [1.54, 1.807) is 19.2 Å². The van der Waals surface area contributed by atoms with Crippen LogP contribution in [0.25, 0.3) is 22.2 Å². The van der Waals surface area contributed by atoms with Gasteiger partial charge in [0.2, 0.25) is 0 Å². The molecular formula is C30H31FN4O3. The van der Waals surface area contributed by atoms with E-state index in [9.17, 15) is 9.18 Å². The summed E-state index contributed by atoms with van der Waals surface area (Å²) < 4.78 is 24.8. The lowest BCUT2D eigenvalue weighted by atomic mass is 9.94. The van der Waals surface area contributed by atoms with E-state index in [1.807, 2.05) is 48.5 Å². The molecule has 5 rings (SSSR count). The molecule has 0 radical (unpaired) electrons. The molecule has 0 spiro atoms. The number of benzene rings is 3. The normalized spacial score (nSPS) is 17.4. The second-order valence-electron chi connectivity index (χ2n) is 9.40. The number of ether oxygens (including phenoxy) is 2. The van der Waals surface area contributed by atoms with E-state index in [0.717, 1.165) is 18.7 Å². The van der Waals surface area contributed by atoms with Gasteiger partial charge in [0, 0.05) is 49.7 Å². The first-order chi connectivity index (χ1) is 18.6. The number of carbonyl (C=O) groups excluding carboxylic acids is 1. The molecular weight excluding hydrogens is 483 g/mol. The third kappa shape index (κ3) is 5.61. The van der Waals surface area contributed by atoms with Gasteiger partial charge in [-0.3, -0.25) is 4.90 Å². The van der Waals surface area contributed by atoms with Crippen molar-refractivity contribution in [1.82, 2.24) is 15.2 Å². The highest BCUT2D eigenvalue weighted by Crippen LogP contribution is 2.33. The van der Waals surface area contributed by atoms with Crippen molar-refractivity contribution in [2.45, 2.75) is 12.0 Å². The molecule has 7 nitrogen and oxygen atoms in total. The number of nitrogens with one attached hydrogen (secondary N) is 2. The van der Waals surface area contributed by atoms with E-state index in [-0.39, 0.29) is 23.7 Å². The van der Waals surface area contributed by atoms with E-state index < -0.39 is 5.82 Å². The van der Waals surface area contributed by atoms with Crippen LogP contribution in [0.4, 0.5) is 14.9 Å². The monoisotopic (exact) mass is 514 g/mol. The van der Waals surface area contributed by atoms with Crippen molar-refractivity contribution in [3.05, 3.63) is 90.2 Å². The molecule has 8 heteroatoms. The molecule has 0 bridgehead atoms. The zero-order valence-electron chi connectivity index (χ0n) is 21.5. The number of rotatable bonds is 8. The number of halogens is 1. The van der Waals surface area contributed by atoms with Crippen LogP contribution in [0.1, 0.15) is 11.5 Å². The quantitative estimate of drug-likeness (QED) is 0.334. The number of methoxy groups -OCH3 is 2. The molecule has 0 unspecified atom stereocenters. The molecule has 2 N–H and O–H groups in total. The van der Waals surface area contributed by atoms with Crippen LogP contribution in [0.2, 0.25) is 0 Å². The van der Waals surface area contributed by atoms with E-state index in [4.69, 9.17) is 14.5 Å². The Bertz CT molecular complexity index is 1400. The van der Waals surface area contributed by atoms with Crippen LogP contribution < -0.4 is 15.4 Å². The summed E-state index contributed by atoms with van der Waals surface area (Å²) in [5.41, 5.74) is 3.56. The molecule has 0 saturated carbocycles. The summed E-state index contributed by atoms with van der Waals surface area (Å²) in [4.78, 5) is 20.4. The van der Waals surface area contributed by atoms with Gasteiger partial charge in [-0.15, -0.1) is 0 Å². The van der Waals surface area contributed by atoms with Gasteiger partial charge in [0.15, 0.2) is 11.6 Å². The molecule has 0 aliphatic carbocycles. The Labute approximate surface area is 221 Å². The number of nitrogens with zero attached hydrogens (tertiary/aromatic N) is 2. The van der Waals surface area contributed by atoms with Crippen molar-refractivity contribution >= 4 is 22.6 Å². The van der Waals surface area contributed by atoms with Crippen molar-refractivity contribution in [3.8, 4) is 17.0 Å². The van der Waals surface area contributed by atoms with Crippen LogP contribution in [-0.2, 0) is 4.74 Å². The third-order valence-corrected chi connectivity index (χ3v) is 6.94. The predicted molar refractivity (Wildman–Crippen MR) is 147 cm³/mol. The number of anilines is 1. The number of hydrogen-bond donors (Lipinski definition) is 2. The highest BCUT2D eigenvalue weighted by atomic mass is 19.1. The summed E-state index contributed by atoms with van der Waals surface area (Å²) >= 11 is 0. The van der Waals surface area contributed by atoms with Crippen molar-refractivity contribution in [2.75, 3.05) is 45.8 Å². The smallest absolute Gasteiger partial charge is 0.319 e. The van der Waals surface area contributed by atoms with Gasteiger partial charge in [-0.05, 0) is 17.7 Å². The fraction of sp³-hybridized carbons (Fsp3) is 0.267. The Kier molecular flexibility index (Phi) is 7.81. The average Bonchev–Trinajstić information content (AvgIpc) is 3.34. The van der Waals surface area contributed by atoms with Crippen LogP contribution in [0.5, 0.6) is 5.75 Å². The second kappa shape index (κ2) is 11.6. The minimum absolute atomic E-state index is 0.0861. The first-order valence-corrected chi connectivity index (χ1v) is 12.6. The summed E-state index contributed by atoms with van der Waals surface area (Å²) in [6, 6.07) is 24.1. The number of carbonyl (C=O) groups is 1. The second-order valence-corrected chi connectivity index (χ2v) is 9.40. The largest absolute Gasteiger partial charge is 0.494 e.